The summed E-state index contributed by atoms with van der Waals surface area (Å²) in [7, 11) is 0. The number of nitrogens with two attached hydrogens (primary N) is 1. The van der Waals surface area contributed by atoms with Gasteiger partial charge in [0.05, 0.1) is 18.8 Å². The van der Waals surface area contributed by atoms with Crippen LogP contribution in [0.1, 0.15) is 29.7 Å². The Bertz CT molecular complexity index is 310. The number of rotatable bonds is 3. The summed E-state index contributed by atoms with van der Waals surface area (Å²) in [5.74, 6) is 0. The summed E-state index contributed by atoms with van der Waals surface area (Å²) in [6.07, 6.45) is -0.610. The van der Waals surface area contributed by atoms with Gasteiger partial charge in [-0.05, 0) is 30.5 Å². The van der Waals surface area contributed by atoms with E-state index in [4.69, 9.17) is 10.8 Å². The average Bonchev–Trinajstić information content (AvgIpc) is 2.16. The van der Waals surface area contributed by atoms with Gasteiger partial charge in [-0.15, -0.1) is 0 Å². The zero-order chi connectivity index (χ0) is 10.7. The summed E-state index contributed by atoms with van der Waals surface area (Å²) in [6.45, 7) is 3.53. The van der Waals surface area contributed by atoms with E-state index in [2.05, 4.69) is 0 Å². The third-order valence-corrected chi connectivity index (χ3v) is 2.44. The third kappa shape index (κ3) is 2.12. The predicted octanol–water partition coefficient (Wildman–Crippen LogP) is 0.868. The minimum Gasteiger partial charge on any atom is -0.392 e. The zero-order valence-electron chi connectivity index (χ0n) is 8.57. The molecule has 0 aromatic heterocycles. The first-order chi connectivity index (χ1) is 6.57. The molecule has 0 unspecified atom stereocenters. The molecule has 1 aromatic carbocycles. The second-order valence-corrected chi connectivity index (χ2v) is 3.57. The third-order valence-electron chi connectivity index (χ3n) is 2.44. The van der Waals surface area contributed by atoms with Crippen LogP contribution in [-0.2, 0) is 6.61 Å². The van der Waals surface area contributed by atoms with Crippen LogP contribution < -0.4 is 5.73 Å². The molecule has 1 aromatic rings. The fourth-order valence-corrected chi connectivity index (χ4v) is 1.60. The lowest BCUT2D eigenvalue weighted by atomic mass is 9.93. The lowest BCUT2D eigenvalue weighted by Gasteiger charge is -2.20. The first kappa shape index (κ1) is 11.2. The molecule has 0 aliphatic carbocycles. The maximum absolute atomic E-state index is 9.41. The summed E-state index contributed by atoms with van der Waals surface area (Å²) >= 11 is 0. The van der Waals surface area contributed by atoms with Crippen LogP contribution in [-0.4, -0.2) is 16.3 Å². The number of aliphatic hydroxyl groups is 2. The molecule has 78 valence electrons. The average molecular weight is 195 g/mol. The van der Waals surface area contributed by atoms with Gasteiger partial charge in [0.25, 0.3) is 0 Å². The van der Waals surface area contributed by atoms with Crippen LogP contribution in [0.2, 0.25) is 0 Å². The molecule has 0 fully saturated rings. The molecule has 0 spiro atoms. The summed E-state index contributed by atoms with van der Waals surface area (Å²) in [5, 5.41) is 18.5. The predicted molar refractivity (Wildman–Crippen MR) is 55.7 cm³/mol. The molecule has 0 aliphatic heterocycles. The Morgan fingerprint density at radius 2 is 2.07 bits per heavy atom. The van der Waals surface area contributed by atoms with Gasteiger partial charge in [0.1, 0.15) is 0 Å². The van der Waals surface area contributed by atoms with Crippen molar-refractivity contribution in [2.75, 3.05) is 0 Å². The number of hydrogen-bond donors (Lipinski definition) is 3. The number of aliphatic hydroxyl groups excluding tert-OH is 2. The van der Waals surface area contributed by atoms with Crippen molar-refractivity contribution in [2.45, 2.75) is 32.6 Å². The van der Waals surface area contributed by atoms with E-state index in [1.54, 1.807) is 6.92 Å². The second-order valence-electron chi connectivity index (χ2n) is 3.57. The molecule has 14 heavy (non-hydrogen) atoms. The van der Waals surface area contributed by atoms with Gasteiger partial charge >= 0.3 is 0 Å². The first-order valence-corrected chi connectivity index (χ1v) is 4.70. The molecular formula is C11H17NO2. The van der Waals surface area contributed by atoms with Crippen molar-refractivity contribution >= 4 is 0 Å². The molecule has 0 saturated carbocycles. The van der Waals surface area contributed by atoms with Crippen LogP contribution in [0, 0.1) is 6.92 Å². The molecule has 0 heterocycles. The fraction of sp³-hybridized carbons (Fsp3) is 0.455. The molecule has 0 radical (unpaired) electrons. The van der Waals surface area contributed by atoms with Crippen molar-refractivity contribution in [1.29, 1.82) is 0 Å². The Hall–Kier alpha value is -0.900. The van der Waals surface area contributed by atoms with E-state index in [1.165, 1.54) is 0 Å². The van der Waals surface area contributed by atoms with Crippen molar-refractivity contribution < 1.29 is 10.2 Å². The van der Waals surface area contributed by atoms with Gasteiger partial charge < -0.3 is 15.9 Å². The van der Waals surface area contributed by atoms with E-state index in [0.29, 0.717) is 0 Å². The van der Waals surface area contributed by atoms with E-state index in [9.17, 15) is 5.11 Å². The number of benzene rings is 1. The molecular weight excluding hydrogens is 178 g/mol. The minimum absolute atomic E-state index is 0.0442. The van der Waals surface area contributed by atoms with Crippen molar-refractivity contribution in [3.05, 3.63) is 34.9 Å². The Kier molecular flexibility index (Phi) is 3.63. The SMILES string of the molecule is Cc1cccc(CO)c1[C@@H](N)[C@H](C)O. The molecule has 3 nitrogen and oxygen atoms in total. The smallest absolute Gasteiger partial charge is 0.0704 e. The monoisotopic (exact) mass is 195 g/mol. The van der Waals surface area contributed by atoms with Crippen LogP contribution in [0.3, 0.4) is 0 Å². The largest absolute Gasteiger partial charge is 0.392 e. The maximum Gasteiger partial charge on any atom is 0.0704 e. The topological polar surface area (TPSA) is 66.5 Å². The van der Waals surface area contributed by atoms with Crippen LogP contribution in [0.5, 0.6) is 0 Å². The minimum atomic E-state index is -0.610. The van der Waals surface area contributed by atoms with E-state index in [1.807, 2.05) is 25.1 Å². The standard InChI is InChI=1S/C11H17NO2/c1-7-4-3-5-9(6-13)10(7)11(12)8(2)14/h3-5,8,11,13-14H,6,12H2,1-2H3/t8-,11-/m0/s1. The Morgan fingerprint density at radius 1 is 1.43 bits per heavy atom. The second kappa shape index (κ2) is 4.55. The van der Waals surface area contributed by atoms with Gasteiger partial charge in [-0.2, -0.15) is 0 Å². The van der Waals surface area contributed by atoms with Crippen LogP contribution in [0.15, 0.2) is 18.2 Å². The van der Waals surface area contributed by atoms with Crippen molar-refractivity contribution in [3.63, 3.8) is 0 Å². The summed E-state index contributed by atoms with van der Waals surface area (Å²) in [6, 6.07) is 5.19. The Labute approximate surface area is 84.2 Å². The quantitative estimate of drug-likeness (QED) is 0.670. The lowest BCUT2D eigenvalue weighted by molar-refractivity contribution is 0.162. The highest BCUT2D eigenvalue weighted by atomic mass is 16.3. The van der Waals surface area contributed by atoms with Gasteiger partial charge in [0, 0.05) is 0 Å². The van der Waals surface area contributed by atoms with E-state index in [-0.39, 0.29) is 6.61 Å². The number of aryl methyl sites for hydroxylation is 1. The fourth-order valence-electron chi connectivity index (χ4n) is 1.60. The molecule has 0 saturated heterocycles. The van der Waals surface area contributed by atoms with Crippen molar-refractivity contribution in [1.82, 2.24) is 0 Å². The first-order valence-electron chi connectivity index (χ1n) is 4.70. The van der Waals surface area contributed by atoms with Gasteiger partial charge in [-0.3, -0.25) is 0 Å². The van der Waals surface area contributed by atoms with Gasteiger partial charge in [-0.25, -0.2) is 0 Å². The summed E-state index contributed by atoms with van der Waals surface area (Å²) < 4.78 is 0. The highest BCUT2D eigenvalue weighted by molar-refractivity contribution is 5.37. The molecule has 4 N–H and O–H groups in total. The molecule has 0 bridgehead atoms. The highest BCUT2D eigenvalue weighted by Gasteiger charge is 2.17. The van der Waals surface area contributed by atoms with Crippen molar-refractivity contribution in [2.24, 2.45) is 5.73 Å². The van der Waals surface area contributed by atoms with Gasteiger partial charge in [0.2, 0.25) is 0 Å². The summed E-state index contributed by atoms with van der Waals surface area (Å²) in [5.41, 5.74) is 8.50. The zero-order valence-corrected chi connectivity index (χ0v) is 8.57. The molecule has 3 heteroatoms. The van der Waals surface area contributed by atoms with Gasteiger partial charge in [0.15, 0.2) is 0 Å². The van der Waals surface area contributed by atoms with Gasteiger partial charge in [-0.1, -0.05) is 18.2 Å². The summed E-state index contributed by atoms with van der Waals surface area (Å²) in [4.78, 5) is 0. The molecule has 0 amide bonds. The van der Waals surface area contributed by atoms with Crippen LogP contribution in [0.25, 0.3) is 0 Å². The lowest BCUT2D eigenvalue weighted by Crippen LogP contribution is -2.25. The molecule has 2 atom stereocenters. The maximum atomic E-state index is 9.41. The van der Waals surface area contributed by atoms with E-state index in [0.717, 1.165) is 16.7 Å². The van der Waals surface area contributed by atoms with Crippen LogP contribution in [0.4, 0.5) is 0 Å². The van der Waals surface area contributed by atoms with E-state index < -0.39 is 12.1 Å². The Balaban J connectivity index is 3.16. The van der Waals surface area contributed by atoms with Crippen LogP contribution >= 0.6 is 0 Å². The highest BCUT2D eigenvalue weighted by Crippen LogP contribution is 2.23. The Morgan fingerprint density at radius 3 is 2.57 bits per heavy atom. The van der Waals surface area contributed by atoms with Crippen molar-refractivity contribution in [3.8, 4) is 0 Å². The number of hydrogen-bond acceptors (Lipinski definition) is 3. The molecule has 1 rings (SSSR count). The normalized spacial score (nSPS) is 15.2. The molecule has 0 aliphatic rings. The van der Waals surface area contributed by atoms with E-state index >= 15 is 0 Å².